The molecule has 7 nitrogen and oxygen atoms in total. The van der Waals surface area contributed by atoms with Crippen molar-refractivity contribution in [2.24, 2.45) is 0 Å². The highest BCUT2D eigenvalue weighted by Crippen LogP contribution is 2.13. The predicted molar refractivity (Wildman–Crippen MR) is 72.9 cm³/mol. The van der Waals surface area contributed by atoms with Crippen LogP contribution in [0.5, 0.6) is 0 Å². The SMILES string of the molecule is CCN(CC)c1nc(N)nc(N(C)CCOC)n1. The van der Waals surface area contributed by atoms with Gasteiger partial charge in [0.1, 0.15) is 0 Å². The zero-order valence-electron chi connectivity index (χ0n) is 11.6. The molecule has 1 aromatic rings. The van der Waals surface area contributed by atoms with E-state index >= 15 is 0 Å². The van der Waals surface area contributed by atoms with Crippen LogP contribution < -0.4 is 15.5 Å². The molecule has 18 heavy (non-hydrogen) atoms. The Morgan fingerprint density at radius 2 is 1.72 bits per heavy atom. The second-order valence-electron chi connectivity index (χ2n) is 3.88. The van der Waals surface area contributed by atoms with Crippen LogP contribution in [0.4, 0.5) is 17.8 Å². The second-order valence-corrected chi connectivity index (χ2v) is 3.88. The molecule has 2 N–H and O–H groups in total. The predicted octanol–water partition coefficient (Wildman–Crippen LogP) is 0.383. The summed E-state index contributed by atoms with van der Waals surface area (Å²) in [5.41, 5.74) is 5.73. The molecule has 0 aliphatic rings. The fourth-order valence-electron chi connectivity index (χ4n) is 1.52. The molecule has 0 aliphatic heterocycles. The van der Waals surface area contributed by atoms with Gasteiger partial charge in [-0.1, -0.05) is 0 Å². The van der Waals surface area contributed by atoms with Gasteiger partial charge < -0.3 is 20.3 Å². The number of nitrogens with two attached hydrogens (primary N) is 1. The van der Waals surface area contributed by atoms with Gasteiger partial charge in [0, 0.05) is 33.8 Å². The molecule has 0 unspecified atom stereocenters. The van der Waals surface area contributed by atoms with Gasteiger partial charge in [0.25, 0.3) is 0 Å². The smallest absolute Gasteiger partial charge is 0.231 e. The molecule has 0 aliphatic carbocycles. The number of hydrogen-bond acceptors (Lipinski definition) is 7. The summed E-state index contributed by atoms with van der Waals surface area (Å²) in [5, 5.41) is 0. The topological polar surface area (TPSA) is 80.4 Å². The standard InChI is InChI=1S/C11H22N6O/c1-5-17(6-2)11-14-9(12)13-10(15-11)16(3)7-8-18-4/h5-8H2,1-4H3,(H2,12,13,14,15). The van der Waals surface area contributed by atoms with Crippen LogP contribution in [0.15, 0.2) is 0 Å². The summed E-state index contributed by atoms with van der Waals surface area (Å²) in [4.78, 5) is 16.7. The van der Waals surface area contributed by atoms with Crippen LogP contribution in [0.25, 0.3) is 0 Å². The number of rotatable bonds is 7. The zero-order chi connectivity index (χ0) is 13.5. The van der Waals surface area contributed by atoms with Gasteiger partial charge in [-0.2, -0.15) is 15.0 Å². The summed E-state index contributed by atoms with van der Waals surface area (Å²) in [6, 6.07) is 0. The third-order valence-corrected chi connectivity index (χ3v) is 2.65. The Hall–Kier alpha value is -1.63. The van der Waals surface area contributed by atoms with E-state index in [-0.39, 0.29) is 5.95 Å². The number of nitrogens with zero attached hydrogens (tertiary/aromatic N) is 5. The van der Waals surface area contributed by atoms with Crippen LogP contribution in [0.3, 0.4) is 0 Å². The molecule has 0 radical (unpaired) electrons. The van der Waals surface area contributed by atoms with E-state index in [9.17, 15) is 0 Å². The lowest BCUT2D eigenvalue weighted by atomic mass is 10.5. The molecule has 1 aromatic heterocycles. The zero-order valence-corrected chi connectivity index (χ0v) is 11.6. The minimum atomic E-state index is 0.242. The summed E-state index contributed by atoms with van der Waals surface area (Å²) in [5.74, 6) is 1.43. The highest BCUT2D eigenvalue weighted by molar-refractivity contribution is 5.42. The average molecular weight is 254 g/mol. The molecule has 0 saturated heterocycles. The van der Waals surface area contributed by atoms with Gasteiger partial charge in [-0.05, 0) is 13.8 Å². The van der Waals surface area contributed by atoms with Crippen molar-refractivity contribution >= 4 is 17.8 Å². The minimum absolute atomic E-state index is 0.242. The van der Waals surface area contributed by atoms with Crippen LogP contribution in [0.2, 0.25) is 0 Å². The first-order chi connectivity index (χ1) is 8.62. The van der Waals surface area contributed by atoms with Gasteiger partial charge in [-0.3, -0.25) is 0 Å². The molecule has 102 valence electrons. The van der Waals surface area contributed by atoms with E-state index in [1.165, 1.54) is 0 Å². The summed E-state index contributed by atoms with van der Waals surface area (Å²) in [7, 11) is 3.57. The lowest BCUT2D eigenvalue weighted by molar-refractivity contribution is 0.206. The number of aromatic nitrogens is 3. The van der Waals surface area contributed by atoms with Crippen LogP contribution in [-0.4, -0.2) is 55.4 Å². The summed E-state index contributed by atoms with van der Waals surface area (Å²) in [6.45, 7) is 7.10. The van der Waals surface area contributed by atoms with Crippen molar-refractivity contribution in [2.45, 2.75) is 13.8 Å². The van der Waals surface area contributed by atoms with Crippen molar-refractivity contribution in [1.82, 2.24) is 15.0 Å². The summed E-state index contributed by atoms with van der Waals surface area (Å²) >= 11 is 0. The van der Waals surface area contributed by atoms with E-state index in [0.717, 1.165) is 13.1 Å². The molecule has 0 atom stereocenters. The molecule has 0 aromatic carbocycles. The Balaban J connectivity index is 2.92. The quantitative estimate of drug-likeness (QED) is 0.753. The Morgan fingerprint density at radius 1 is 1.11 bits per heavy atom. The lowest BCUT2D eigenvalue weighted by Gasteiger charge is -2.21. The maximum Gasteiger partial charge on any atom is 0.231 e. The van der Waals surface area contributed by atoms with E-state index in [2.05, 4.69) is 28.8 Å². The number of ether oxygens (including phenoxy) is 1. The van der Waals surface area contributed by atoms with Gasteiger partial charge in [-0.15, -0.1) is 0 Å². The maximum absolute atomic E-state index is 5.73. The molecular formula is C11H22N6O. The largest absolute Gasteiger partial charge is 0.383 e. The lowest BCUT2D eigenvalue weighted by Crippen LogP contribution is -2.28. The number of anilines is 3. The van der Waals surface area contributed by atoms with Gasteiger partial charge in [-0.25, -0.2) is 0 Å². The number of methoxy groups -OCH3 is 1. The van der Waals surface area contributed by atoms with Crippen LogP contribution in [0.1, 0.15) is 13.8 Å². The highest BCUT2D eigenvalue weighted by Gasteiger charge is 2.12. The summed E-state index contributed by atoms with van der Waals surface area (Å²) in [6.07, 6.45) is 0. The maximum atomic E-state index is 5.73. The highest BCUT2D eigenvalue weighted by atomic mass is 16.5. The molecule has 0 bridgehead atoms. The fraction of sp³-hybridized carbons (Fsp3) is 0.727. The summed E-state index contributed by atoms with van der Waals surface area (Å²) < 4.78 is 5.03. The number of likely N-dealkylation sites (N-methyl/N-ethyl adjacent to an activating group) is 1. The van der Waals surface area contributed by atoms with Crippen molar-refractivity contribution in [3.05, 3.63) is 0 Å². The van der Waals surface area contributed by atoms with E-state index in [1.54, 1.807) is 7.11 Å². The molecule has 0 saturated carbocycles. The molecule has 0 amide bonds. The monoisotopic (exact) mass is 254 g/mol. The molecule has 1 heterocycles. The van der Waals surface area contributed by atoms with Gasteiger partial charge in [0.05, 0.1) is 6.61 Å². The van der Waals surface area contributed by atoms with E-state index in [1.807, 2.05) is 16.8 Å². The minimum Gasteiger partial charge on any atom is -0.383 e. The van der Waals surface area contributed by atoms with Crippen LogP contribution in [0, 0.1) is 0 Å². The van der Waals surface area contributed by atoms with E-state index in [4.69, 9.17) is 10.5 Å². The normalized spacial score (nSPS) is 10.4. The van der Waals surface area contributed by atoms with E-state index < -0.39 is 0 Å². The van der Waals surface area contributed by atoms with Crippen molar-refractivity contribution in [3.63, 3.8) is 0 Å². The first-order valence-electron chi connectivity index (χ1n) is 6.08. The van der Waals surface area contributed by atoms with Crippen molar-refractivity contribution < 1.29 is 4.74 Å². The molecule has 0 spiro atoms. The second kappa shape index (κ2) is 6.95. The third-order valence-electron chi connectivity index (χ3n) is 2.65. The fourth-order valence-corrected chi connectivity index (χ4v) is 1.52. The van der Waals surface area contributed by atoms with Crippen molar-refractivity contribution in [1.29, 1.82) is 0 Å². The third kappa shape index (κ3) is 3.69. The number of nitrogen functional groups attached to an aromatic ring is 1. The average Bonchev–Trinajstić information content (AvgIpc) is 2.36. The van der Waals surface area contributed by atoms with E-state index in [0.29, 0.717) is 25.0 Å². The molecular weight excluding hydrogens is 232 g/mol. The first kappa shape index (κ1) is 14.4. The van der Waals surface area contributed by atoms with Gasteiger partial charge >= 0.3 is 0 Å². The Labute approximate surface area is 108 Å². The molecule has 1 rings (SSSR count). The Kier molecular flexibility index (Phi) is 5.57. The Morgan fingerprint density at radius 3 is 2.28 bits per heavy atom. The van der Waals surface area contributed by atoms with Gasteiger partial charge in [0.15, 0.2) is 0 Å². The van der Waals surface area contributed by atoms with Crippen molar-refractivity contribution in [3.8, 4) is 0 Å². The van der Waals surface area contributed by atoms with Crippen molar-refractivity contribution in [2.75, 3.05) is 55.9 Å². The molecule has 7 heteroatoms. The number of hydrogen-bond donors (Lipinski definition) is 1. The Bertz CT molecular complexity index is 369. The molecule has 0 fully saturated rings. The van der Waals surface area contributed by atoms with Gasteiger partial charge in [0.2, 0.25) is 17.8 Å². The first-order valence-corrected chi connectivity index (χ1v) is 6.08. The van der Waals surface area contributed by atoms with Crippen LogP contribution in [-0.2, 0) is 4.74 Å². The van der Waals surface area contributed by atoms with Crippen LogP contribution >= 0.6 is 0 Å².